The number of hydrogen-bond acceptors (Lipinski definition) is 3. The molecule has 0 aromatic heterocycles. The number of carbonyl (C=O) groups is 2. The monoisotopic (exact) mass is 171 g/mol. The summed E-state index contributed by atoms with van der Waals surface area (Å²) < 4.78 is 4.95. The summed E-state index contributed by atoms with van der Waals surface area (Å²) in [6.07, 6.45) is 2.13. The van der Waals surface area contributed by atoms with Crippen molar-refractivity contribution in [3.05, 3.63) is 0 Å². The topological polar surface area (TPSA) is 69.4 Å². The van der Waals surface area contributed by atoms with Crippen molar-refractivity contribution in [2.75, 3.05) is 0 Å². The fraction of sp³-hybridized carbons (Fsp3) is 0.750. The molecule has 0 heterocycles. The zero-order chi connectivity index (χ0) is 9.14. The highest BCUT2D eigenvalue weighted by Gasteiger charge is 2.33. The van der Waals surface area contributed by atoms with Crippen molar-refractivity contribution in [3.63, 3.8) is 0 Å². The second-order valence-corrected chi connectivity index (χ2v) is 3.09. The molecule has 2 N–H and O–H groups in total. The molecule has 0 aromatic rings. The summed E-state index contributed by atoms with van der Waals surface area (Å²) in [7, 11) is 0. The molecule has 1 rings (SSSR count). The van der Waals surface area contributed by atoms with Crippen LogP contribution < -0.4 is 5.73 Å². The minimum absolute atomic E-state index is 0.270. The minimum Gasteiger partial charge on any atom is -0.462 e. The standard InChI is InChI=1S/C8H13NO3/c1-5(10)12-7-4-2-3-6(7)8(9)11/h6-7H,2-4H2,1H3,(H2,9,11)/t6-,7-/m0/s1. The molecule has 1 fully saturated rings. The third kappa shape index (κ3) is 1.96. The van der Waals surface area contributed by atoms with Gasteiger partial charge in [-0.1, -0.05) is 0 Å². The molecular formula is C8H13NO3. The first-order valence-electron chi connectivity index (χ1n) is 4.08. The van der Waals surface area contributed by atoms with Crippen LogP contribution in [0.2, 0.25) is 0 Å². The van der Waals surface area contributed by atoms with Gasteiger partial charge in [-0.05, 0) is 19.3 Å². The molecule has 1 amide bonds. The fourth-order valence-corrected chi connectivity index (χ4v) is 1.61. The van der Waals surface area contributed by atoms with E-state index in [2.05, 4.69) is 0 Å². The largest absolute Gasteiger partial charge is 0.462 e. The average molecular weight is 171 g/mol. The third-order valence-corrected chi connectivity index (χ3v) is 2.14. The molecule has 0 spiro atoms. The third-order valence-electron chi connectivity index (χ3n) is 2.14. The van der Waals surface area contributed by atoms with Crippen molar-refractivity contribution >= 4 is 11.9 Å². The van der Waals surface area contributed by atoms with Crippen molar-refractivity contribution in [1.82, 2.24) is 0 Å². The lowest BCUT2D eigenvalue weighted by Gasteiger charge is -2.15. The Kier molecular flexibility index (Phi) is 2.68. The van der Waals surface area contributed by atoms with Crippen LogP contribution in [-0.4, -0.2) is 18.0 Å². The van der Waals surface area contributed by atoms with E-state index in [0.29, 0.717) is 0 Å². The molecule has 0 radical (unpaired) electrons. The van der Waals surface area contributed by atoms with Gasteiger partial charge in [0.15, 0.2) is 0 Å². The van der Waals surface area contributed by atoms with Gasteiger partial charge in [0.1, 0.15) is 6.10 Å². The van der Waals surface area contributed by atoms with Gasteiger partial charge in [0, 0.05) is 6.92 Å². The van der Waals surface area contributed by atoms with E-state index in [-0.39, 0.29) is 23.9 Å². The zero-order valence-electron chi connectivity index (χ0n) is 7.08. The van der Waals surface area contributed by atoms with Gasteiger partial charge < -0.3 is 10.5 Å². The number of amides is 1. The smallest absolute Gasteiger partial charge is 0.302 e. The first kappa shape index (κ1) is 9.03. The van der Waals surface area contributed by atoms with Crippen molar-refractivity contribution in [3.8, 4) is 0 Å². The second kappa shape index (κ2) is 3.56. The fourth-order valence-electron chi connectivity index (χ4n) is 1.61. The van der Waals surface area contributed by atoms with Gasteiger partial charge in [-0.15, -0.1) is 0 Å². The Hall–Kier alpha value is -1.06. The van der Waals surface area contributed by atoms with Gasteiger partial charge in [0.05, 0.1) is 5.92 Å². The molecule has 0 unspecified atom stereocenters. The van der Waals surface area contributed by atoms with Crippen LogP contribution >= 0.6 is 0 Å². The number of ether oxygens (including phenoxy) is 1. The number of rotatable bonds is 2. The van der Waals surface area contributed by atoms with E-state index in [4.69, 9.17) is 10.5 Å². The number of esters is 1. The Balaban J connectivity index is 2.52. The van der Waals surface area contributed by atoms with E-state index in [0.717, 1.165) is 19.3 Å². The van der Waals surface area contributed by atoms with Crippen LogP contribution in [0.15, 0.2) is 0 Å². The van der Waals surface area contributed by atoms with Gasteiger partial charge in [-0.2, -0.15) is 0 Å². The Morgan fingerprint density at radius 2 is 2.08 bits per heavy atom. The lowest BCUT2D eigenvalue weighted by Crippen LogP contribution is -2.32. The van der Waals surface area contributed by atoms with Crippen LogP contribution in [0.5, 0.6) is 0 Å². The molecule has 1 saturated carbocycles. The van der Waals surface area contributed by atoms with Gasteiger partial charge >= 0.3 is 5.97 Å². The first-order chi connectivity index (χ1) is 5.61. The highest BCUT2D eigenvalue weighted by Crippen LogP contribution is 2.27. The highest BCUT2D eigenvalue weighted by atomic mass is 16.5. The SMILES string of the molecule is CC(=O)O[C@H]1CCC[C@@H]1C(N)=O. The number of hydrogen-bond donors (Lipinski definition) is 1. The maximum atomic E-state index is 10.8. The van der Waals surface area contributed by atoms with E-state index < -0.39 is 0 Å². The molecule has 0 aromatic carbocycles. The number of carbonyl (C=O) groups excluding carboxylic acids is 2. The lowest BCUT2D eigenvalue weighted by atomic mass is 10.1. The second-order valence-electron chi connectivity index (χ2n) is 3.09. The normalized spacial score (nSPS) is 28.4. The molecule has 0 aliphatic heterocycles. The Bertz CT molecular complexity index is 202. The Morgan fingerprint density at radius 1 is 1.42 bits per heavy atom. The van der Waals surface area contributed by atoms with Crippen LogP contribution in [0.1, 0.15) is 26.2 Å². The Labute approximate surface area is 71.1 Å². The van der Waals surface area contributed by atoms with E-state index in [1.165, 1.54) is 6.92 Å². The molecule has 1 aliphatic rings. The lowest BCUT2D eigenvalue weighted by molar-refractivity contribution is -0.149. The molecule has 2 atom stereocenters. The molecule has 68 valence electrons. The molecule has 4 nitrogen and oxygen atoms in total. The van der Waals surface area contributed by atoms with E-state index in [1.807, 2.05) is 0 Å². The average Bonchev–Trinajstić information content (AvgIpc) is 2.33. The van der Waals surface area contributed by atoms with E-state index in [1.54, 1.807) is 0 Å². The summed E-state index contributed by atoms with van der Waals surface area (Å²) in [6.45, 7) is 1.34. The van der Waals surface area contributed by atoms with Crippen molar-refractivity contribution in [1.29, 1.82) is 0 Å². The summed E-state index contributed by atoms with van der Waals surface area (Å²) in [5, 5.41) is 0. The van der Waals surface area contributed by atoms with Crippen molar-refractivity contribution in [2.45, 2.75) is 32.3 Å². The van der Waals surface area contributed by atoms with Gasteiger partial charge in [-0.25, -0.2) is 0 Å². The van der Waals surface area contributed by atoms with Crippen molar-refractivity contribution < 1.29 is 14.3 Å². The van der Waals surface area contributed by atoms with Crippen LogP contribution in [0, 0.1) is 5.92 Å². The van der Waals surface area contributed by atoms with Gasteiger partial charge in [0.2, 0.25) is 5.91 Å². The molecule has 1 aliphatic carbocycles. The summed E-state index contributed by atoms with van der Waals surface area (Å²) in [5.74, 6) is -0.971. The molecule has 0 saturated heterocycles. The summed E-state index contributed by atoms with van der Waals surface area (Å²) >= 11 is 0. The maximum absolute atomic E-state index is 10.8. The van der Waals surface area contributed by atoms with Crippen molar-refractivity contribution in [2.24, 2.45) is 11.7 Å². The summed E-state index contributed by atoms with van der Waals surface area (Å²) in [6, 6.07) is 0. The van der Waals surface area contributed by atoms with Gasteiger partial charge in [-0.3, -0.25) is 9.59 Å². The molecular weight excluding hydrogens is 158 g/mol. The Morgan fingerprint density at radius 3 is 2.58 bits per heavy atom. The first-order valence-corrected chi connectivity index (χ1v) is 4.08. The van der Waals surface area contributed by atoms with Crippen LogP contribution in [0.4, 0.5) is 0 Å². The minimum atomic E-state index is -0.362. The molecule has 12 heavy (non-hydrogen) atoms. The number of nitrogens with two attached hydrogens (primary N) is 1. The number of primary amides is 1. The zero-order valence-corrected chi connectivity index (χ0v) is 7.08. The van der Waals surface area contributed by atoms with E-state index >= 15 is 0 Å². The predicted octanol–water partition coefficient (Wildman–Crippen LogP) is 0.203. The molecule has 0 bridgehead atoms. The van der Waals surface area contributed by atoms with E-state index in [9.17, 15) is 9.59 Å². The molecule has 4 heteroatoms. The van der Waals surface area contributed by atoms with Crippen LogP contribution in [-0.2, 0) is 14.3 Å². The predicted molar refractivity (Wildman–Crippen MR) is 42.1 cm³/mol. The van der Waals surface area contributed by atoms with Crippen LogP contribution in [0.25, 0.3) is 0 Å². The summed E-state index contributed by atoms with van der Waals surface area (Å²) in [5.41, 5.74) is 5.13. The van der Waals surface area contributed by atoms with Crippen LogP contribution in [0.3, 0.4) is 0 Å². The maximum Gasteiger partial charge on any atom is 0.302 e. The summed E-state index contributed by atoms with van der Waals surface area (Å²) in [4.78, 5) is 21.4. The highest BCUT2D eigenvalue weighted by molar-refractivity contribution is 5.78. The van der Waals surface area contributed by atoms with Gasteiger partial charge in [0.25, 0.3) is 0 Å². The quantitative estimate of drug-likeness (QED) is 0.603.